The Morgan fingerprint density at radius 2 is 2.11 bits per heavy atom. The highest BCUT2D eigenvalue weighted by atomic mass is 79.9. The van der Waals surface area contributed by atoms with Crippen LogP contribution in [-0.2, 0) is 12.8 Å². The maximum atomic E-state index is 3.80. The van der Waals surface area contributed by atoms with Gasteiger partial charge in [-0.15, -0.1) is 0 Å². The molecule has 2 atom stereocenters. The van der Waals surface area contributed by atoms with Crippen LogP contribution in [-0.4, -0.2) is 12.6 Å². The first-order valence-electron chi connectivity index (χ1n) is 7.47. The molecule has 1 nitrogen and oxygen atoms in total. The van der Waals surface area contributed by atoms with Crippen molar-refractivity contribution in [3.05, 3.63) is 46.0 Å². The van der Waals surface area contributed by atoms with Gasteiger partial charge in [-0.25, -0.2) is 0 Å². The SMILES string of the molecule is Brc1ccc2c(c1)CCC(NCC1CC=CCC1)C2. The van der Waals surface area contributed by atoms with Crippen LogP contribution in [0.4, 0.5) is 0 Å². The third-order valence-corrected chi connectivity index (χ3v) is 4.96. The molecule has 19 heavy (non-hydrogen) atoms. The van der Waals surface area contributed by atoms with E-state index in [9.17, 15) is 0 Å². The third-order valence-electron chi connectivity index (χ3n) is 4.47. The molecule has 2 heteroatoms. The van der Waals surface area contributed by atoms with E-state index in [0.29, 0.717) is 6.04 Å². The lowest BCUT2D eigenvalue weighted by Crippen LogP contribution is -2.37. The summed E-state index contributed by atoms with van der Waals surface area (Å²) in [5, 5.41) is 3.80. The van der Waals surface area contributed by atoms with Gasteiger partial charge in [0.2, 0.25) is 0 Å². The molecule has 1 N–H and O–H groups in total. The largest absolute Gasteiger partial charge is 0.313 e. The van der Waals surface area contributed by atoms with Crippen molar-refractivity contribution in [3.63, 3.8) is 0 Å². The van der Waals surface area contributed by atoms with Gasteiger partial charge in [0.1, 0.15) is 0 Å². The van der Waals surface area contributed by atoms with Crippen molar-refractivity contribution in [2.75, 3.05) is 6.54 Å². The zero-order valence-corrected chi connectivity index (χ0v) is 13.0. The van der Waals surface area contributed by atoms with E-state index in [1.807, 2.05) is 0 Å². The molecule has 1 aromatic carbocycles. The van der Waals surface area contributed by atoms with Gasteiger partial charge in [-0.05, 0) is 74.2 Å². The van der Waals surface area contributed by atoms with Crippen molar-refractivity contribution < 1.29 is 0 Å². The number of hydrogen-bond acceptors (Lipinski definition) is 1. The predicted octanol–water partition coefficient (Wildman–Crippen LogP) is 4.25. The van der Waals surface area contributed by atoms with E-state index in [1.54, 1.807) is 0 Å². The van der Waals surface area contributed by atoms with Crippen LogP contribution < -0.4 is 5.32 Å². The average Bonchev–Trinajstić information content (AvgIpc) is 2.46. The van der Waals surface area contributed by atoms with Crippen LogP contribution in [0.5, 0.6) is 0 Å². The van der Waals surface area contributed by atoms with Crippen molar-refractivity contribution in [2.45, 2.75) is 44.6 Å². The summed E-state index contributed by atoms with van der Waals surface area (Å²) in [7, 11) is 0. The molecule has 0 spiro atoms. The van der Waals surface area contributed by atoms with Crippen LogP contribution in [0.2, 0.25) is 0 Å². The lowest BCUT2D eigenvalue weighted by Gasteiger charge is -2.28. The Kier molecular flexibility index (Phi) is 4.39. The third kappa shape index (κ3) is 3.49. The van der Waals surface area contributed by atoms with E-state index in [4.69, 9.17) is 0 Å². The maximum Gasteiger partial charge on any atom is 0.0178 e. The molecule has 0 aliphatic heterocycles. The molecule has 2 aliphatic rings. The van der Waals surface area contributed by atoms with Crippen LogP contribution >= 0.6 is 15.9 Å². The Hall–Kier alpha value is -0.600. The standard InChI is InChI=1S/C17H22BrN/c18-16-8-6-15-11-17(9-7-14(15)10-16)19-12-13-4-2-1-3-5-13/h1-2,6,8,10,13,17,19H,3-5,7,9,11-12H2. The van der Waals surface area contributed by atoms with Gasteiger partial charge < -0.3 is 5.32 Å². The van der Waals surface area contributed by atoms with Crippen molar-refractivity contribution in [1.82, 2.24) is 5.32 Å². The molecular formula is C17H22BrN. The Balaban J connectivity index is 1.54. The number of aryl methyl sites for hydroxylation is 1. The number of allylic oxidation sites excluding steroid dienone is 2. The molecule has 0 aromatic heterocycles. The summed E-state index contributed by atoms with van der Waals surface area (Å²) in [6.45, 7) is 1.20. The topological polar surface area (TPSA) is 12.0 Å². The number of nitrogens with one attached hydrogen (secondary N) is 1. The first kappa shape index (κ1) is 13.4. The molecule has 102 valence electrons. The molecule has 2 unspecified atom stereocenters. The molecule has 0 saturated heterocycles. The second-order valence-corrected chi connectivity index (χ2v) is 6.83. The number of rotatable bonds is 3. The highest BCUT2D eigenvalue weighted by molar-refractivity contribution is 9.10. The Labute approximate surface area is 124 Å². The normalized spacial score (nSPS) is 26.2. The number of fused-ring (bicyclic) bond motifs is 1. The molecular weight excluding hydrogens is 298 g/mol. The summed E-state index contributed by atoms with van der Waals surface area (Å²) >= 11 is 3.57. The quantitative estimate of drug-likeness (QED) is 0.821. The average molecular weight is 320 g/mol. The van der Waals surface area contributed by atoms with Gasteiger partial charge in [0.25, 0.3) is 0 Å². The molecule has 0 amide bonds. The molecule has 0 fully saturated rings. The number of halogens is 1. The van der Waals surface area contributed by atoms with Crippen molar-refractivity contribution in [2.24, 2.45) is 5.92 Å². The molecule has 0 heterocycles. The highest BCUT2D eigenvalue weighted by Gasteiger charge is 2.19. The first-order chi connectivity index (χ1) is 9.31. The second kappa shape index (κ2) is 6.23. The predicted molar refractivity (Wildman–Crippen MR) is 84.4 cm³/mol. The van der Waals surface area contributed by atoms with Gasteiger partial charge in [0.15, 0.2) is 0 Å². The van der Waals surface area contributed by atoms with E-state index >= 15 is 0 Å². The zero-order valence-electron chi connectivity index (χ0n) is 11.4. The number of benzene rings is 1. The summed E-state index contributed by atoms with van der Waals surface area (Å²) < 4.78 is 1.21. The van der Waals surface area contributed by atoms with Crippen LogP contribution in [0.3, 0.4) is 0 Å². The summed E-state index contributed by atoms with van der Waals surface area (Å²) in [5.41, 5.74) is 3.07. The fraction of sp³-hybridized carbons (Fsp3) is 0.529. The smallest absolute Gasteiger partial charge is 0.0178 e. The van der Waals surface area contributed by atoms with Crippen LogP contribution in [0.15, 0.2) is 34.8 Å². The van der Waals surface area contributed by atoms with E-state index in [1.165, 1.54) is 60.7 Å². The summed E-state index contributed by atoms with van der Waals surface area (Å²) in [5.74, 6) is 0.858. The van der Waals surface area contributed by atoms with Crippen molar-refractivity contribution >= 4 is 15.9 Å². The van der Waals surface area contributed by atoms with Crippen LogP contribution in [0.1, 0.15) is 36.8 Å². The summed E-state index contributed by atoms with van der Waals surface area (Å²) in [6, 6.07) is 7.43. The fourth-order valence-electron chi connectivity index (χ4n) is 3.27. The molecule has 0 saturated carbocycles. The van der Waals surface area contributed by atoms with E-state index < -0.39 is 0 Å². The fourth-order valence-corrected chi connectivity index (χ4v) is 3.68. The molecule has 1 aromatic rings. The van der Waals surface area contributed by atoms with Gasteiger partial charge in [-0.3, -0.25) is 0 Å². The Morgan fingerprint density at radius 1 is 1.16 bits per heavy atom. The molecule has 0 radical (unpaired) electrons. The minimum Gasteiger partial charge on any atom is -0.313 e. The minimum absolute atomic E-state index is 0.680. The monoisotopic (exact) mass is 319 g/mol. The van der Waals surface area contributed by atoms with Crippen LogP contribution in [0.25, 0.3) is 0 Å². The zero-order chi connectivity index (χ0) is 13.1. The highest BCUT2D eigenvalue weighted by Crippen LogP contribution is 2.25. The minimum atomic E-state index is 0.680. The number of hydrogen-bond donors (Lipinski definition) is 1. The summed E-state index contributed by atoms with van der Waals surface area (Å²) in [6.07, 6.45) is 12.3. The maximum absolute atomic E-state index is 3.80. The van der Waals surface area contributed by atoms with Gasteiger partial charge in [-0.1, -0.05) is 34.1 Å². The van der Waals surface area contributed by atoms with E-state index in [2.05, 4.69) is 51.6 Å². The van der Waals surface area contributed by atoms with E-state index in [0.717, 1.165) is 5.92 Å². The van der Waals surface area contributed by atoms with Crippen molar-refractivity contribution in [3.8, 4) is 0 Å². The second-order valence-electron chi connectivity index (χ2n) is 5.91. The van der Waals surface area contributed by atoms with Crippen molar-refractivity contribution in [1.29, 1.82) is 0 Å². The van der Waals surface area contributed by atoms with Gasteiger partial charge >= 0.3 is 0 Å². The first-order valence-corrected chi connectivity index (χ1v) is 8.26. The summed E-state index contributed by atoms with van der Waals surface area (Å²) in [4.78, 5) is 0. The molecule has 2 aliphatic carbocycles. The Morgan fingerprint density at radius 3 is 2.95 bits per heavy atom. The lowest BCUT2D eigenvalue weighted by molar-refractivity contribution is 0.381. The van der Waals surface area contributed by atoms with Gasteiger partial charge in [-0.2, -0.15) is 0 Å². The lowest BCUT2D eigenvalue weighted by atomic mass is 9.87. The molecule has 0 bridgehead atoms. The van der Waals surface area contributed by atoms with Gasteiger partial charge in [0.05, 0.1) is 0 Å². The Bertz CT molecular complexity index is 466. The van der Waals surface area contributed by atoms with Gasteiger partial charge in [0, 0.05) is 10.5 Å². The molecule has 3 rings (SSSR count). The van der Waals surface area contributed by atoms with Crippen LogP contribution in [0, 0.1) is 5.92 Å². The van der Waals surface area contributed by atoms with E-state index in [-0.39, 0.29) is 0 Å².